The van der Waals surface area contributed by atoms with Crippen LogP contribution in [0.1, 0.15) is 78.6 Å². The molecule has 2 heterocycles. The lowest BCUT2D eigenvalue weighted by Gasteiger charge is -2.41. The molecular formula is C21H36F3NO5S. The van der Waals surface area contributed by atoms with E-state index in [1.165, 1.54) is 4.31 Å². The highest BCUT2D eigenvalue weighted by Crippen LogP contribution is 2.37. The molecule has 0 N–H and O–H groups in total. The van der Waals surface area contributed by atoms with E-state index in [0.717, 1.165) is 6.42 Å². The van der Waals surface area contributed by atoms with Crippen LogP contribution < -0.4 is 0 Å². The predicted octanol–water partition coefficient (Wildman–Crippen LogP) is 4.43. The maximum atomic E-state index is 13.6. The lowest BCUT2D eigenvalue weighted by atomic mass is 9.92. The molecule has 2 fully saturated rings. The second-order valence-corrected chi connectivity index (χ2v) is 11.9. The molecule has 0 atom stereocenters. The molecular weight excluding hydrogens is 435 g/mol. The first-order valence-corrected chi connectivity index (χ1v) is 12.6. The number of sulfonamides is 1. The van der Waals surface area contributed by atoms with Crippen molar-refractivity contribution in [2.45, 2.75) is 95.1 Å². The minimum atomic E-state index is -4.10. The first kappa shape index (κ1) is 26.4. The van der Waals surface area contributed by atoms with Crippen molar-refractivity contribution in [2.75, 3.05) is 26.3 Å². The van der Waals surface area contributed by atoms with Crippen molar-refractivity contribution in [2.24, 2.45) is 5.92 Å². The van der Waals surface area contributed by atoms with Gasteiger partial charge in [0.05, 0.1) is 0 Å². The van der Waals surface area contributed by atoms with Crippen LogP contribution >= 0.6 is 0 Å². The molecule has 0 spiro atoms. The summed E-state index contributed by atoms with van der Waals surface area (Å²) in [5, 5.41) is 0. The average Bonchev–Trinajstić information content (AvgIpc) is 2.66. The lowest BCUT2D eigenvalue weighted by molar-refractivity contribution is -0.161. The Bertz CT molecular complexity index is 689. The number of unbranched alkanes of at least 4 members (excludes halogenated alkanes) is 2. The molecule has 0 radical (unpaired) electrons. The van der Waals surface area contributed by atoms with Gasteiger partial charge in [-0.15, -0.1) is 0 Å². The van der Waals surface area contributed by atoms with E-state index < -0.39 is 38.9 Å². The average molecular weight is 472 g/mol. The Kier molecular flexibility index (Phi) is 8.83. The van der Waals surface area contributed by atoms with Crippen LogP contribution in [0.15, 0.2) is 0 Å². The zero-order valence-electron chi connectivity index (χ0n) is 18.8. The van der Waals surface area contributed by atoms with Gasteiger partial charge in [-0.05, 0) is 46.0 Å². The molecule has 2 rings (SSSR count). The standard InChI is InChI=1S/C21H36F3NO5S/c1-19(2,3)30-18(26)20(11-15-29-16-12-20)31(27,28)25-13-8-17(9-14-25)7-5-4-6-10-21(22,23)24/h17H,4-16H2,1-3H3. The molecule has 0 unspecified atom stereocenters. The Labute approximate surface area is 183 Å². The molecule has 0 aromatic heterocycles. The van der Waals surface area contributed by atoms with E-state index >= 15 is 0 Å². The van der Waals surface area contributed by atoms with Gasteiger partial charge < -0.3 is 9.47 Å². The molecule has 2 aliphatic rings. The summed E-state index contributed by atoms with van der Waals surface area (Å²) < 4.78 is 74.4. The van der Waals surface area contributed by atoms with Crippen molar-refractivity contribution < 1.29 is 35.9 Å². The SMILES string of the molecule is CC(C)(C)OC(=O)C1(S(=O)(=O)N2CCC(CCCCCC(F)(F)F)CC2)CCOCC1. The molecule has 0 amide bonds. The Balaban J connectivity index is 1.94. The number of carbonyl (C=O) groups excluding carboxylic acids is 1. The van der Waals surface area contributed by atoms with Crippen LogP contribution in [0.3, 0.4) is 0 Å². The minimum absolute atomic E-state index is 0.0728. The van der Waals surface area contributed by atoms with Crippen molar-refractivity contribution in [3.05, 3.63) is 0 Å². The predicted molar refractivity (Wildman–Crippen MR) is 111 cm³/mol. The number of esters is 1. The van der Waals surface area contributed by atoms with Gasteiger partial charge in [-0.25, -0.2) is 12.7 Å². The summed E-state index contributed by atoms with van der Waals surface area (Å²) in [6.07, 6.45) is -1.22. The second kappa shape index (κ2) is 10.4. The van der Waals surface area contributed by atoms with E-state index in [9.17, 15) is 26.4 Å². The number of nitrogens with zero attached hydrogens (tertiary/aromatic N) is 1. The van der Waals surface area contributed by atoms with Gasteiger partial charge in [0.2, 0.25) is 10.0 Å². The van der Waals surface area contributed by atoms with Crippen molar-refractivity contribution in [1.82, 2.24) is 4.31 Å². The van der Waals surface area contributed by atoms with Crippen LogP contribution in [0.5, 0.6) is 0 Å². The smallest absolute Gasteiger partial charge is 0.389 e. The summed E-state index contributed by atoms with van der Waals surface area (Å²) in [5.41, 5.74) is -0.795. The topological polar surface area (TPSA) is 72.9 Å². The number of halogens is 3. The van der Waals surface area contributed by atoms with E-state index in [1.807, 2.05) is 0 Å². The maximum Gasteiger partial charge on any atom is 0.389 e. The molecule has 0 saturated carbocycles. The van der Waals surface area contributed by atoms with Crippen LogP contribution in [0, 0.1) is 5.92 Å². The van der Waals surface area contributed by atoms with Gasteiger partial charge in [-0.3, -0.25) is 4.79 Å². The van der Waals surface area contributed by atoms with E-state index in [4.69, 9.17) is 9.47 Å². The molecule has 0 aromatic rings. The molecule has 10 heteroatoms. The van der Waals surface area contributed by atoms with Gasteiger partial charge in [0.25, 0.3) is 0 Å². The summed E-state index contributed by atoms with van der Waals surface area (Å²) in [6, 6.07) is 0. The normalized spacial score (nSPS) is 21.7. The van der Waals surface area contributed by atoms with Gasteiger partial charge in [0.1, 0.15) is 5.60 Å². The highest BCUT2D eigenvalue weighted by Gasteiger charge is 2.56. The van der Waals surface area contributed by atoms with Crippen LogP contribution in [0.4, 0.5) is 13.2 Å². The third-order valence-corrected chi connectivity index (χ3v) is 8.66. The molecule has 182 valence electrons. The van der Waals surface area contributed by atoms with Gasteiger partial charge in [-0.1, -0.05) is 19.3 Å². The summed E-state index contributed by atoms with van der Waals surface area (Å²) >= 11 is 0. The third-order valence-electron chi connectivity index (χ3n) is 6.05. The number of alkyl halides is 3. The van der Waals surface area contributed by atoms with E-state index in [0.29, 0.717) is 44.7 Å². The minimum Gasteiger partial charge on any atom is -0.459 e. The summed E-state index contributed by atoms with van der Waals surface area (Å²) in [7, 11) is -3.93. The Hall–Kier alpha value is -0.870. The van der Waals surface area contributed by atoms with Gasteiger partial charge in [-0.2, -0.15) is 13.2 Å². The van der Waals surface area contributed by atoms with Crippen LogP contribution in [-0.4, -0.2) is 61.5 Å². The first-order valence-electron chi connectivity index (χ1n) is 11.1. The van der Waals surface area contributed by atoms with Gasteiger partial charge >= 0.3 is 12.1 Å². The number of hydrogen-bond acceptors (Lipinski definition) is 5. The zero-order valence-corrected chi connectivity index (χ0v) is 19.6. The second-order valence-electron chi connectivity index (χ2n) is 9.67. The maximum absolute atomic E-state index is 13.6. The molecule has 2 aliphatic heterocycles. The number of rotatable bonds is 8. The molecule has 6 nitrogen and oxygen atoms in total. The fraction of sp³-hybridized carbons (Fsp3) is 0.952. The van der Waals surface area contributed by atoms with Gasteiger partial charge in [0, 0.05) is 45.6 Å². The van der Waals surface area contributed by atoms with Crippen molar-refractivity contribution in [1.29, 1.82) is 0 Å². The van der Waals surface area contributed by atoms with E-state index in [-0.39, 0.29) is 32.5 Å². The van der Waals surface area contributed by atoms with Crippen LogP contribution in [0.2, 0.25) is 0 Å². The molecule has 31 heavy (non-hydrogen) atoms. The monoisotopic (exact) mass is 471 g/mol. The highest BCUT2D eigenvalue weighted by atomic mass is 32.2. The van der Waals surface area contributed by atoms with Crippen molar-refractivity contribution in [3.8, 4) is 0 Å². The lowest BCUT2D eigenvalue weighted by Crippen LogP contribution is -2.59. The fourth-order valence-corrected chi connectivity index (χ4v) is 6.38. The Morgan fingerprint density at radius 3 is 2.16 bits per heavy atom. The number of hydrogen-bond donors (Lipinski definition) is 0. The number of carbonyl (C=O) groups is 1. The molecule has 0 aliphatic carbocycles. The van der Waals surface area contributed by atoms with E-state index in [2.05, 4.69) is 0 Å². The number of ether oxygens (including phenoxy) is 2. The van der Waals surface area contributed by atoms with Crippen LogP contribution in [-0.2, 0) is 24.3 Å². The van der Waals surface area contributed by atoms with Crippen LogP contribution in [0.25, 0.3) is 0 Å². The largest absolute Gasteiger partial charge is 0.459 e. The fourth-order valence-electron chi connectivity index (χ4n) is 4.26. The zero-order chi connectivity index (χ0) is 23.3. The van der Waals surface area contributed by atoms with Gasteiger partial charge in [0.15, 0.2) is 4.75 Å². The van der Waals surface area contributed by atoms with Crippen molar-refractivity contribution >= 4 is 16.0 Å². The van der Waals surface area contributed by atoms with E-state index in [1.54, 1.807) is 20.8 Å². The summed E-state index contributed by atoms with van der Waals surface area (Å²) in [5.74, 6) is -0.417. The molecule has 0 aromatic carbocycles. The molecule has 2 saturated heterocycles. The first-order chi connectivity index (χ1) is 14.3. The Morgan fingerprint density at radius 1 is 1.06 bits per heavy atom. The van der Waals surface area contributed by atoms with Crippen molar-refractivity contribution in [3.63, 3.8) is 0 Å². The highest BCUT2D eigenvalue weighted by molar-refractivity contribution is 7.91. The third kappa shape index (κ3) is 7.32. The molecule has 0 bridgehead atoms. The summed E-state index contributed by atoms with van der Waals surface area (Å²) in [4.78, 5) is 13.0. The number of piperidine rings is 1. The summed E-state index contributed by atoms with van der Waals surface area (Å²) in [6.45, 7) is 6.15. The quantitative estimate of drug-likeness (QED) is 0.387. The Morgan fingerprint density at radius 2 is 1.65 bits per heavy atom.